The normalized spacial score (nSPS) is 36.6. The lowest BCUT2D eigenvalue weighted by Gasteiger charge is -2.61. The Morgan fingerprint density at radius 3 is 2.42 bits per heavy atom. The van der Waals surface area contributed by atoms with Gasteiger partial charge in [-0.2, -0.15) is 0 Å². The summed E-state index contributed by atoms with van der Waals surface area (Å²) in [6.45, 7) is 1.02. The number of carbonyl (C=O) groups excluding carboxylic acids is 2. The number of rotatable bonds is 3. The van der Waals surface area contributed by atoms with Gasteiger partial charge in [-0.25, -0.2) is 0 Å². The van der Waals surface area contributed by atoms with Gasteiger partial charge in [-0.15, -0.1) is 0 Å². The van der Waals surface area contributed by atoms with E-state index in [2.05, 4.69) is 5.32 Å². The van der Waals surface area contributed by atoms with Crippen LogP contribution in [0.2, 0.25) is 0 Å². The molecule has 0 aromatic heterocycles. The summed E-state index contributed by atoms with van der Waals surface area (Å²) < 4.78 is 11.1. The molecule has 5 aliphatic rings. The Labute approximate surface area is 152 Å². The van der Waals surface area contributed by atoms with E-state index in [1.54, 1.807) is 18.2 Å². The van der Waals surface area contributed by atoms with Crippen LogP contribution >= 0.6 is 0 Å². The Kier molecular flexibility index (Phi) is 3.30. The Morgan fingerprint density at radius 1 is 1.04 bits per heavy atom. The number of carbonyl (C=O) groups is 2. The molecule has 2 atom stereocenters. The van der Waals surface area contributed by atoms with Crippen molar-refractivity contribution in [3.63, 3.8) is 0 Å². The molecule has 1 aromatic rings. The van der Waals surface area contributed by atoms with E-state index in [0.717, 1.165) is 32.1 Å². The summed E-state index contributed by atoms with van der Waals surface area (Å²) in [5.74, 6) is 1.97. The van der Waals surface area contributed by atoms with Gasteiger partial charge in [0.25, 0.3) is 5.91 Å². The molecule has 6 rings (SSSR count). The summed E-state index contributed by atoms with van der Waals surface area (Å²) in [6.07, 6.45) is 5.53. The lowest BCUT2D eigenvalue weighted by Crippen LogP contribution is -2.65. The highest BCUT2D eigenvalue weighted by Gasteiger charge is 2.60. The fraction of sp³-hybridized carbons (Fsp3) is 0.600. The number of primary amides is 1. The van der Waals surface area contributed by atoms with Crippen LogP contribution in [-0.4, -0.2) is 30.6 Å². The van der Waals surface area contributed by atoms with E-state index in [-0.39, 0.29) is 17.4 Å². The van der Waals surface area contributed by atoms with E-state index >= 15 is 0 Å². The third-order valence-corrected chi connectivity index (χ3v) is 6.77. The number of hydrogen-bond acceptors (Lipinski definition) is 4. The molecule has 4 fully saturated rings. The van der Waals surface area contributed by atoms with Gasteiger partial charge in [-0.1, -0.05) is 0 Å². The minimum atomic E-state index is -0.426. The maximum absolute atomic E-state index is 13.0. The summed E-state index contributed by atoms with van der Waals surface area (Å²) in [4.78, 5) is 25.2. The average Bonchev–Trinajstić information content (AvgIpc) is 2.59. The summed E-state index contributed by atoms with van der Waals surface area (Å²) >= 11 is 0. The van der Waals surface area contributed by atoms with Crippen molar-refractivity contribution < 1.29 is 19.1 Å². The van der Waals surface area contributed by atoms with E-state index < -0.39 is 5.41 Å². The van der Waals surface area contributed by atoms with E-state index in [0.29, 0.717) is 48.5 Å². The molecule has 0 saturated heterocycles. The first-order valence-corrected chi connectivity index (χ1v) is 9.49. The number of nitrogens with one attached hydrogen (secondary N) is 1. The zero-order valence-electron chi connectivity index (χ0n) is 14.8. The SMILES string of the molecule is NC(=O)C12CC3CC(CC(NC(=O)c4ccc5c(c4)OCCO5)(C3)C1)C2. The zero-order valence-corrected chi connectivity index (χ0v) is 14.8. The summed E-state index contributed by atoms with van der Waals surface area (Å²) in [5, 5.41) is 3.28. The minimum Gasteiger partial charge on any atom is -0.486 e. The molecule has 0 spiro atoms. The standard InChI is InChI=1S/C20H24N2O4/c21-18(24)19-7-12-5-13(8-19)10-20(9-12,11-19)22-17(23)14-1-2-15-16(6-14)26-4-3-25-15/h1-2,6,12-13H,3-5,7-11H2,(H2,21,24)(H,22,23). The van der Waals surface area contributed by atoms with E-state index in [1.165, 1.54) is 0 Å². The highest BCUT2D eigenvalue weighted by atomic mass is 16.6. The molecule has 0 radical (unpaired) electrons. The first-order valence-electron chi connectivity index (χ1n) is 9.49. The Morgan fingerprint density at radius 2 is 1.73 bits per heavy atom. The van der Waals surface area contributed by atoms with Crippen LogP contribution in [0.25, 0.3) is 0 Å². The molecule has 6 heteroatoms. The largest absolute Gasteiger partial charge is 0.486 e. The Hall–Kier alpha value is -2.24. The molecule has 2 amide bonds. The van der Waals surface area contributed by atoms with Crippen LogP contribution in [0, 0.1) is 17.3 Å². The van der Waals surface area contributed by atoms with Crippen LogP contribution in [0.15, 0.2) is 18.2 Å². The summed E-state index contributed by atoms with van der Waals surface area (Å²) in [6, 6.07) is 5.30. The fourth-order valence-electron chi connectivity index (χ4n) is 6.19. The van der Waals surface area contributed by atoms with Crippen molar-refractivity contribution in [2.45, 2.75) is 44.1 Å². The number of nitrogens with two attached hydrogens (primary N) is 1. The molecule has 6 nitrogen and oxygen atoms in total. The molecule has 1 heterocycles. The Bertz CT molecular complexity index is 776. The number of fused-ring (bicyclic) bond motifs is 1. The van der Waals surface area contributed by atoms with Gasteiger partial charge < -0.3 is 20.5 Å². The van der Waals surface area contributed by atoms with Gasteiger partial charge in [0.1, 0.15) is 13.2 Å². The number of amides is 2. The molecule has 4 bridgehead atoms. The minimum absolute atomic E-state index is 0.108. The molecule has 3 N–H and O–H groups in total. The molecule has 2 unspecified atom stereocenters. The maximum atomic E-state index is 13.0. The van der Waals surface area contributed by atoms with Gasteiger partial charge in [-0.05, 0) is 68.6 Å². The van der Waals surface area contributed by atoms with Crippen LogP contribution in [0.3, 0.4) is 0 Å². The van der Waals surface area contributed by atoms with Crippen LogP contribution in [0.5, 0.6) is 11.5 Å². The molecule has 1 aliphatic heterocycles. The van der Waals surface area contributed by atoms with Crippen molar-refractivity contribution in [2.24, 2.45) is 23.0 Å². The van der Waals surface area contributed by atoms with E-state index in [4.69, 9.17) is 15.2 Å². The highest BCUT2D eigenvalue weighted by Crippen LogP contribution is 2.61. The van der Waals surface area contributed by atoms with Crippen molar-refractivity contribution in [3.8, 4) is 11.5 Å². The lowest BCUT2D eigenvalue weighted by atomic mass is 9.46. The predicted molar refractivity (Wildman–Crippen MR) is 93.9 cm³/mol. The highest BCUT2D eigenvalue weighted by molar-refractivity contribution is 5.95. The van der Waals surface area contributed by atoms with Crippen LogP contribution < -0.4 is 20.5 Å². The first kappa shape index (κ1) is 16.0. The first-order chi connectivity index (χ1) is 12.5. The second-order valence-electron chi connectivity index (χ2n) is 8.70. The van der Waals surface area contributed by atoms with E-state index in [1.807, 2.05) is 0 Å². The smallest absolute Gasteiger partial charge is 0.251 e. The van der Waals surface area contributed by atoms with Gasteiger partial charge >= 0.3 is 0 Å². The Balaban J connectivity index is 1.40. The van der Waals surface area contributed by atoms with E-state index in [9.17, 15) is 9.59 Å². The molecular formula is C20H24N2O4. The molecule has 26 heavy (non-hydrogen) atoms. The molecule has 4 saturated carbocycles. The number of benzene rings is 1. The summed E-state index contributed by atoms with van der Waals surface area (Å²) in [7, 11) is 0. The van der Waals surface area contributed by atoms with Crippen LogP contribution in [0.4, 0.5) is 0 Å². The maximum Gasteiger partial charge on any atom is 0.251 e. The average molecular weight is 356 g/mol. The lowest BCUT2D eigenvalue weighted by molar-refractivity contribution is -0.146. The van der Waals surface area contributed by atoms with Crippen molar-refractivity contribution in [2.75, 3.05) is 13.2 Å². The quantitative estimate of drug-likeness (QED) is 0.867. The van der Waals surface area contributed by atoms with Crippen molar-refractivity contribution in [1.29, 1.82) is 0 Å². The monoisotopic (exact) mass is 356 g/mol. The second kappa shape index (κ2) is 5.38. The predicted octanol–water partition coefficient (Wildman–Crippen LogP) is 2.01. The van der Waals surface area contributed by atoms with Gasteiger partial charge in [0.2, 0.25) is 5.91 Å². The van der Waals surface area contributed by atoms with Crippen LogP contribution in [0.1, 0.15) is 48.9 Å². The summed E-state index contributed by atoms with van der Waals surface area (Å²) in [5.41, 5.74) is 5.63. The topological polar surface area (TPSA) is 90.7 Å². The van der Waals surface area contributed by atoms with Crippen LogP contribution in [-0.2, 0) is 4.79 Å². The molecule has 138 valence electrons. The third kappa shape index (κ3) is 2.38. The second-order valence-corrected chi connectivity index (χ2v) is 8.70. The molecular weight excluding hydrogens is 332 g/mol. The zero-order chi connectivity index (χ0) is 17.9. The number of ether oxygens (including phenoxy) is 2. The third-order valence-electron chi connectivity index (χ3n) is 6.77. The van der Waals surface area contributed by atoms with Gasteiger partial charge in [0.05, 0.1) is 5.41 Å². The molecule has 4 aliphatic carbocycles. The fourth-order valence-corrected chi connectivity index (χ4v) is 6.19. The molecule has 1 aromatic carbocycles. The van der Waals surface area contributed by atoms with Gasteiger partial charge in [0, 0.05) is 11.1 Å². The van der Waals surface area contributed by atoms with Crippen molar-refractivity contribution >= 4 is 11.8 Å². The number of hydrogen-bond donors (Lipinski definition) is 2. The van der Waals surface area contributed by atoms with Gasteiger partial charge in [0.15, 0.2) is 11.5 Å². The van der Waals surface area contributed by atoms with Crippen molar-refractivity contribution in [3.05, 3.63) is 23.8 Å². The van der Waals surface area contributed by atoms with Gasteiger partial charge in [-0.3, -0.25) is 9.59 Å². The van der Waals surface area contributed by atoms with Crippen molar-refractivity contribution in [1.82, 2.24) is 5.32 Å².